The van der Waals surface area contributed by atoms with Crippen LogP contribution in [0.5, 0.6) is 0 Å². The van der Waals surface area contributed by atoms with Crippen LogP contribution in [0.4, 0.5) is 0 Å². The fourth-order valence-electron chi connectivity index (χ4n) is 1.37. The molecular formula is C7H12NO8P. The molecule has 5 unspecified atom stereocenters. The van der Waals surface area contributed by atoms with Gasteiger partial charge in [-0.05, 0) is 0 Å². The van der Waals surface area contributed by atoms with Crippen molar-refractivity contribution >= 4 is 7.82 Å². The van der Waals surface area contributed by atoms with Gasteiger partial charge < -0.3 is 29.8 Å². The van der Waals surface area contributed by atoms with E-state index in [4.69, 9.17) is 19.8 Å². The second-order valence-electron chi connectivity index (χ2n) is 3.48. The van der Waals surface area contributed by atoms with Gasteiger partial charge in [0.05, 0.1) is 12.7 Å². The van der Waals surface area contributed by atoms with Gasteiger partial charge in [0.1, 0.15) is 24.4 Å². The minimum atomic E-state index is -4.74. The van der Waals surface area contributed by atoms with E-state index >= 15 is 0 Å². The summed E-state index contributed by atoms with van der Waals surface area (Å²) in [5.41, 5.74) is 0. The van der Waals surface area contributed by atoms with Gasteiger partial charge in [0, 0.05) is 0 Å². The second kappa shape index (κ2) is 5.39. The zero-order valence-electron chi connectivity index (χ0n) is 8.45. The molecule has 0 aromatic carbocycles. The summed E-state index contributed by atoms with van der Waals surface area (Å²) in [6.07, 6.45) is -7.58. The van der Waals surface area contributed by atoms with Crippen molar-refractivity contribution in [1.82, 2.24) is 0 Å². The average Bonchev–Trinajstić information content (AvgIpc) is 2.24. The van der Waals surface area contributed by atoms with Crippen molar-refractivity contribution in [2.24, 2.45) is 0 Å². The van der Waals surface area contributed by atoms with Crippen LogP contribution in [-0.2, 0) is 13.8 Å². The van der Waals surface area contributed by atoms with Crippen LogP contribution >= 0.6 is 7.82 Å². The molecular weight excluding hydrogens is 257 g/mol. The number of aliphatic hydroxyl groups excluding tert-OH is 3. The molecule has 1 heterocycles. The van der Waals surface area contributed by atoms with Gasteiger partial charge in [-0.25, -0.2) is 4.57 Å². The van der Waals surface area contributed by atoms with Gasteiger partial charge in [0.25, 0.3) is 0 Å². The van der Waals surface area contributed by atoms with Gasteiger partial charge in [-0.1, -0.05) is 0 Å². The van der Waals surface area contributed by atoms with Crippen LogP contribution in [0.2, 0.25) is 0 Å². The predicted octanol–water partition coefficient (Wildman–Crippen LogP) is -2.53. The van der Waals surface area contributed by atoms with Gasteiger partial charge in [0.15, 0.2) is 6.10 Å². The Hall–Kier alpha value is -0.560. The molecule has 0 aromatic rings. The standard InChI is InChI=1S/C7H12NO8P/c8-1-3-5(9)7(11)6(10)4(16-3)2-15-17(12,13)14/h3-7,9-11H,2H2,(H2,12,13,14). The summed E-state index contributed by atoms with van der Waals surface area (Å²) in [4.78, 5) is 16.9. The lowest BCUT2D eigenvalue weighted by Gasteiger charge is -2.37. The van der Waals surface area contributed by atoms with Crippen molar-refractivity contribution in [2.45, 2.75) is 30.5 Å². The number of ether oxygens (including phenoxy) is 1. The summed E-state index contributed by atoms with van der Waals surface area (Å²) >= 11 is 0. The number of rotatable bonds is 3. The van der Waals surface area contributed by atoms with Gasteiger partial charge in [-0.3, -0.25) is 4.52 Å². The largest absolute Gasteiger partial charge is 0.469 e. The van der Waals surface area contributed by atoms with Crippen molar-refractivity contribution in [3.05, 3.63) is 0 Å². The van der Waals surface area contributed by atoms with Crippen LogP contribution in [0.3, 0.4) is 0 Å². The van der Waals surface area contributed by atoms with Gasteiger partial charge in [-0.15, -0.1) is 0 Å². The number of hydrogen-bond donors (Lipinski definition) is 5. The van der Waals surface area contributed by atoms with Crippen LogP contribution in [0.15, 0.2) is 0 Å². The molecule has 1 fully saturated rings. The molecule has 1 aliphatic heterocycles. The number of phosphoric acid groups is 1. The minimum Gasteiger partial charge on any atom is -0.387 e. The topological polar surface area (TPSA) is 160 Å². The summed E-state index contributed by atoms with van der Waals surface area (Å²) in [6, 6.07) is 1.54. The maximum Gasteiger partial charge on any atom is 0.469 e. The van der Waals surface area contributed by atoms with Crippen molar-refractivity contribution in [3.63, 3.8) is 0 Å². The molecule has 1 aliphatic rings. The first-order valence-corrected chi connectivity index (χ1v) is 6.08. The Balaban J connectivity index is 2.67. The Labute approximate surface area is 96.1 Å². The number of aliphatic hydroxyl groups is 3. The third-order valence-electron chi connectivity index (χ3n) is 2.25. The van der Waals surface area contributed by atoms with E-state index in [2.05, 4.69) is 4.52 Å². The fourth-order valence-corrected chi connectivity index (χ4v) is 1.71. The molecule has 1 rings (SSSR count). The zero-order valence-corrected chi connectivity index (χ0v) is 9.34. The molecule has 98 valence electrons. The van der Waals surface area contributed by atoms with E-state index in [1.807, 2.05) is 0 Å². The molecule has 0 aliphatic carbocycles. The van der Waals surface area contributed by atoms with E-state index in [1.54, 1.807) is 0 Å². The zero-order chi connectivity index (χ0) is 13.2. The molecule has 5 atom stereocenters. The third-order valence-corrected chi connectivity index (χ3v) is 2.73. The Bertz CT molecular complexity index is 350. The van der Waals surface area contributed by atoms with E-state index < -0.39 is 44.9 Å². The molecule has 0 bridgehead atoms. The number of hydrogen-bond acceptors (Lipinski definition) is 7. The lowest BCUT2D eigenvalue weighted by Crippen LogP contribution is -2.58. The van der Waals surface area contributed by atoms with E-state index in [0.717, 1.165) is 0 Å². The highest BCUT2D eigenvalue weighted by molar-refractivity contribution is 7.46. The van der Waals surface area contributed by atoms with Crippen molar-refractivity contribution in [3.8, 4) is 6.07 Å². The van der Waals surface area contributed by atoms with Crippen LogP contribution in [-0.4, -0.2) is 62.2 Å². The smallest absolute Gasteiger partial charge is 0.387 e. The van der Waals surface area contributed by atoms with Crippen LogP contribution in [0, 0.1) is 11.3 Å². The van der Waals surface area contributed by atoms with Gasteiger partial charge in [0.2, 0.25) is 0 Å². The highest BCUT2D eigenvalue weighted by atomic mass is 31.2. The fraction of sp³-hybridized carbons (Fsp3) is 0.857. The lowest BCUT2D eigenvalue weighted by atomic mass is 9.96. The summed E-state index contributed by atoms with van der Waals surface area (Å²) in [5, 5.41) is 36.7. The molecule has 9 nitrogen and oxygen atoms in total. The Morgan fingerprint density at radius 3 is 2.29 bits per heavy atom. The van der Waals surface area contributed by atoms with E-state index in [1.165, 1.54) is 6.07 Å². The lowest BCUT2D eigenvalue weighted by molar-refractivity contribution is -0.213. The monoisotopic (exact) mass is 269 g/mol. The van der Waals surface area contributed by atoms with Crippen molar-refractivity contribution < 1.29 is 38.9 Å². The molecule has 0 amide bonds. The normalized spacial score (nSPS) is 38.7. The minimum absolute atomic E-state index is 0.715. The van der Waals surface area contributed by atoms with Crippen molar-refractivity contribution in [1.29, 1.82) is 5.26 Å². The van der Waals surface area contributed by atoms with Crippen LogP contribution in [0.1, 0.15) is 0 Å². The summed E-state index contributed by atoms with van der Waals surface area (Å²) in [7, 11) is -4.74. The Morgan fingerprint density at radius 1 is 1.24 bits per heavy atom. The number of nitriles is 1. The molecule has 17 heavy (non-hydrogen) atoms. The number of nitrogens with zero attached hydrogens (tertiary/aromatic N) is 1. The molecule has 0 aromatic heterocycles. The molecule has 1 saturated heterocycles. The molecule has 0 saturated carbocycles. The maximum absolute atomic E-state index is 10.4. The Kier molecular flexibility index (Phi) is 4.60. The molecule has 0 radical (unpaired) electrons. The highest BCUT2D eigenvalue weighted by Crippen LogP contribution is 2.36. The van der Waals surface area contributed by atoms with Gasteiger partial charge in [-0.2, -0.15) is 5.26 Å². The van der Waals surface area contributed by atoms with E-state index in [9.17, 15) is 19.9 Å². The quantitative estimate of drug-likeness (QED) is 0.348. The first-order chi connectivity index (χ1) is 7.76. The molecule has 5 N–H and O–H groups in total. The second-order valence-corrected chi connectivity index (χ2v) is 4.72. The molecule has 0 spiro atoms. The van der Waals surface area contributed by atoms with E-state index in [-0.39, 0.29) is 0 Å². The van der Waals surface area contributed by atoms with Crippen molar-refractivity contribution in [2.75, 3.05) is 6.61 Å². The predicted molar refractivity (Wildman–Crippen MR) is 50.3 cm³/mol. The summed E-state index contributed by atoms with van der Waals surface area (Å²) in [6.45, 7) is -0.715. The summed E-state index contributed by atoms with van der Waals surface area (Å²) < 4.78 is 19.4. The van der Waals surface area contributed by atoms with Crippen LogP contribution < -0.4 is 0 Å². The SMILES string of the molecule is N#CC1OC(COP(=O)(O)O)C(O)C(O)C1O. The highest BCUT2D eigenvalue weighted by Gasteiger charge is 2.44. The van der Waals surface area contributed by atoms with Crippen LogP contribution in [0.25, 0.3) is 0 Å². The third kappa shape index (κ3) is 3.70. The first-order valence-electron chi connectivity index (χ1n) is 4.55. The average molecular weight is 269 g/mol. The first kappa shape index (κ1) is 14.5. The summed E-state index contributed by atoms with van der Waals surface area (Å²) in [5.74, 6) is 0. The molecule has 10 heteroatoms. The Morgan fingerprint density at radius 2 is 1.82 bits per heavy atom. The van der Waals surface area contributed by atoms with E-state index in [0.29, 0.717) is 0 Å². The maximum atomic E-state index is 10.4. The van der Waals surface area contributed by atoms with Gasteiger partial charge >= 0.3 is 7.82 Å². The number of phosphoric ester groups is 1.